The van der Waals surface area contributed by atoms with Gasteiger partial charge in [-0.1, -0.05) is 23.7 Å². The van der Waals surface area contributed by atoms with Crippen molar-refractivity contribution in [2.75, 3.05) is 12.4 Å². The smallest absolute Gasteiger partial charge is 0.292 e. The summed E-state index contributed by atoms with van der Waals surface area (Å²) >= 11 is 5.86. The molecule has 0 atom stereocenters. The summed E-state index contributed by atoms with van der Waals surface area (Å²) in [5.41, 5.74) is 0.115. The number of ether oxygens (including phenoxy) is 1. The summed E-state index contributed by atoms with van der Waals surface area (Å²) in [6, 6.07) is 10.5. The van der Waals surface area contributed by atoms with Gasteiger partial charge in [-0.15, -0.1) is 0 Å². The van der Waals surface area contributed by atoms with Gasteiger partial charge in [-0.25, -0.2) is 0 Å². The van der Waals surface area contributed by atoms with Crippen molar-refractivity contribution in [3.05, 3.63) is 63.2 Å². The first-order valence-electron chi connectivity index (χ1n) is 5.91. The van der Waals surface area contributed by atoms with Crippen molar-refractivity contribution in [3.8, 4) is 5.75 Å². The van der Waals surface area contributed by atoms with Gasteiger partial charge in [0.2, 0.25) is 0 Å². The monoisotopic (exact) mass is 306 g/mol. The summed E-state index contributed by atoms with van der Waals surface area (Å²) in [5, 5.41) is 13.8. The number of carbonyl (C=O) groups is 1. The molecule has 0 saturated heterocycles. The second kappa shape index (κ2) is 6.23. The highest BCUT2D eigenvalue weighted by Gasteiger charge is 2.18. The lowest BCUT2D eigenvalue weighted by Crippen LogP contribution is -2.14. The quantitative estimate of drug-likeness (QED) is 0.692. The van der Waals surface area contributed by atoms with E-state index < -0.39 is 10.8 Å². The SMILES string of the molecule is COc1ccc(Cl)cc1C(=O)Nc1ccccc1[N+](=O)[O-]. The Morgan fingerprint density at radius 3 is 2.67 bits per heavy atom. The first kappa shape index (κ1) is 14.8. The zero-order valence-corrected chi connectivity index (χ0v) is 11.8. The zero-order chi connectivity index (χ0) is 15.4. The van der Waals surface area contributed by atoms with Gasteiger partial charge in [-0.3, -0.25) is 14.9 Å². The summed E-state index contributed by atoms with van der Waals surface area (Å²) in [6.45, 7) is 0. The number of hydrogen-bond acceptors (Lipinski definition) is 4. The minimum atomic E-state index is -0.565. The molecule has 0 radical (unpaired) electrons. The highest BCUT2D eigenvalue weighted by molar-refractivity contribution is 6.31. The highest BCUT2D eigenvalue weighted by atomic mass is 35.5. The molecule has 0 aliphatic heterocycles. The van der Waals surface area contributed by atoms with Crippen LogP contribution in [0.5, 0.6) is 5.75 Å². The lowest BCUT2D eigenvalue weighted by molar-refractivity contribution is -0.383. The number of hydrogen-bond donors (Lipinski definition) is 1. The average molecular weight is 307 g/mol. The summed E-state index contributed by atoms with van der Waals surface area (Å²) in [7, 11) is 1.42. The molecule has 1 amide bonds. The minimum absolute atomic E-state index is 0.106. The summed E-state index contributed by atoms with van der Waals surface area (Å²) in [4.78, 5) is 22.6. The topological polar surface area (TPSA) is 81.5 Å². The molecule has 2 aromatic carbocycles. The molecule has 0 fully saturated rings. The van der Waals surface area contributed by atoms with Gasteiger partial charge in [0.05, 0.1) is 17.6 Å². The fourth-order valence-electron chi connectivity index (χ4n) is 1.79. The normalized spacial score (nSPS) is 10.0. The number of nitro groups is 1. The molecule has 0 aliphatic carbocycles. The average Bonchev–Trinajstić information content (AvgIpc) is 2.47. The number of halogens is 1. The van der Waals surface area contributed by atoms with Crippen LogP contribution in [0.15, 0.2) is 42.5 Å². The molecule has 0 aliphatic rings. The molecule has 0 saturated carbocycles. The molecule has 108 valence electrons. The van der Waals surface area contributed by atoms with Crippen LogP contribution < -0.4 is 10.1 Å². The Balaban J connectivity index is 2.35. The number of para-hydroxylation sites is 2. The van der Waals surface area contributed by atoms with Crippen LogP contribution in [-0.4, -0.2) is 17.9 Å². The van der Waals surface area contributed by atoms with Crippen molar-refractivity contribution in [1.82, 2.24) is 0 Å². The Morgan fingerprint density at radius 2 is 2.00 bits per heavy atom. The maximum atomic E-state index is 12.2. The number of methoxy groups -OCH3 is 1. The van der Waals surface area contributed by atoms with Gasteiger partial charge in [-0.2, -0.15) is 0 Å². The predicted octanol–water partition coefficient (Wildman–Crippen LogP) is 3.51. The number of benzene rings is 2. The van der Waals surface area contributed by atoms with E-state index in [2.05, 4.69) is 5.32 Å². The second-order valence-electron chi connectivity index (χ2n) is 4.07. The van der Waals surface area contributed by atoms with E-state index >= 15 is 0 Å². The van der Waals surface area contributed by atoms with Gasteiger partial charge in [0, 0.05) is 11.1 Å². The minimum Gasteiger partial charge on any atom is -0.496 e. The van der Waals surface area contributed by atoms with Gasteiger partial charge in [-0.05, 0) is 24.3 Å². The second-order valence-corrected chi connectivity index (χ2v) is 4.51. The molecule has 7 heteroatoms. The van der Waals surface area contributed by atoms with Gasteiger partial charge in [0.1, 0.15) is 11.4 Å². The van der Waals surface area contributed by atoms with E-state index in [1.54, 1.807) is 18.2 Å². The molecule has 21 heavy (non-hydrogen) atoms. The van der Waals surface area contributed by atoms with Crippen molar-refractivity contribution in [3.63, 3.8) is 0 Å². The van der Waals surface area contributed by atoms with Crippen molar-refractivity contribution in [1.29, 1.82) is 0 Å². The zero-order valence-electron chi connectivity index (χ0n) is 11.0. The van der Waals surface area contributed by atoms with Crippen LogP contribution in [0.1, 0.15) is 10.4 Å². The molecule has 0 heterocycles. The number of amides is 1. The van der Waals surface area contributed by atoms with Gasteiger partial charge < -0.3 is 10.1 Å². The Labute approximate surface area is 125 Å². The molecule has 2 rings (SSSR count). The molecular weight excluding hydrogens is 296 g/mol. The first-order chi connectivity index (χ1) is 10.0. The fraction of sp³-hybridized carbons (Fsp3) is 0.0714. The molecular formula is C14H11ClN2O4. The number of nitro benzene ring substituents is 1. The van der Waals surface area contributed by atoms with E-state index in [0.29, 0.717) is 10.8 Å². The first-order valence-corrected chi connectivity index (χ1v) is 6.29. The lowest BCUT2D eigenvalue weighted by Gasteiger charge is -2.10. The predicted molar refractivity (Wildman–Crippen MR) is 79.1 cm³/mol. The van der Waals surface area contributed by atoms with E-state index in [4.69, 9.17) is 16.3 Å². The van der Waals surface area contributed by atoms with Crippen LogP contribution in [0.2, 0.25) is 5.02 Å². The van der Waals surface area contributed by atoms with E-state index in [1.807, 2.05) is 0 Å². The fourth-order valence-corrected chi connectivity index (χ4v) is 1.96. The molecule has 0 unspecified atom stereocenters. The van der Waals surface area contributed by atoms with E-state index in [-0.39, 0.29) is 16.9 Å². The maximum Gasteiger partial charge on any atom is 0.292 e. The molecule has 6 nitrogen and oxygen atoms in total. The summed E-state index contributed by atoms with van der Waals surface area (Å²) in [6.07, 6.45) is 0. The number of nitrogens with one attached hydrogen (secondary N) is 1. The van der Waals surface area contributed by atoms with Crippen LogP contribution >= 0.6 is 11.6 Å². The molecule has 1 N–H and O–H groups in total. The van der Waals surface area contributed by atoms with Crippen LogP contribution in [0.4, 0.5) is 11.4 Å². The maximum absolute atomic E-state index is 12.2. The molecule has 0 aromatic heterocycles. The van der Waals surface area contributed by atoms with Crippen LogP contribution in [0, 0.1) is 10.1 Å². The number of anilines is 1. The van der Waals surface area contributed by atoms with Crippen molar-refractivity contribution >= 4 is 28.9 Å². The Morgan fingerprint density at radius 1 is 1.29 bits per heavy atom. The Kier molecular flexibility index (Phi) is 4.39. The van der Waals surface area contributed by atoms with E-state index in [9.17, 15) is 14.9 Å². The van der Waals surface area contributed by atoms with Gasteiger partial charge in [0.25, 0.3) is 11.6 Å². The van der Waals surface area contributed by atoms with Crippen molar-refractivity contribution in [2.24, 2.45) is 0 Å². The third kappa shape index (κ3) is 3.29. The number of nitrogens with zero attached hydrogens (tertiary/aromatic N) is 1. The third-order valence-corrected chi connectivity index (χ3v) is 2.99. The Bertz CT molecular complexity index is 703. The highest BCUT2D eigenvalue weighted by Crippen LogP contribution is 2.27. The largest absolute Gasteiger partial charge is 0.496 e. The van der Waals surface area contributed by atoms with E-state index in [0.717, 1.165) is 0 Å². The van der Waals surface area contributed by atoms with Crippen LogP contribution in [0.3, 0.4) is 0 Å². The number of carbonyl (C=O) groups excluding carboxylic acids is 1. The molecule has 2 aromatic rings. The summed E-state index contributed by atoms with van der Waals surface area (Å²) in [5.74, 6) is -0.209. The van der Waals surface area contributed by atoms with Gasteiger partial charge in [0.15, 0.2) is 0 Å². The summed E-state index contributed by atoms with van der Waals surface area (Å²) < 4.78 is 5.08. The standard InChI is InChI=1S/C14H11ClN2O4/c1-21-13-7-6-9(15)8-10(13)14(18)16-11-4-2-3-5-12(11)17(19)20/h2-8H,1H3,(H,16,18). The third-order valence-electron chi connectivity index (χ3n) is 2.76. The molecule has 0 spiro atoms. The van der Waals surface area contributed by atoms with Crippen molar-refractivity contribution in [2.45, 2.75) is 0 Å². The van der Waals surface area contributed by atoms with Crippen LogP contribution in [0.25, 0.3) is 0 Å². The Hall–Kier alpha value is -2.60. The lowest BCUT2D eigenvalue weighted by atomic mass is 10.1. The number of rotatable bonds is 4. The molecule has 0 bridgehead atoms. The van der Waals surface area contributed by atoms with Crippen LogP contribution in [-0.2, 0) is 0 Å². The van der Waals surface area contributed by atoms with Crippen molar-refractivity contribution < 1.29 is 14.5 Å². The van der Waals surface area contributed by atoms with E-state index in [1.165, 1.54) is 31.4 Å². The van der Waals surface area contributed by atoms with Gasteiger partial charge >= 0.3 is 0 Å².